The number of hydrogen-bond acceptors (Lipinski definition) is 5. The van der Waals surface area contributed by atoms with Crippen LogP contribution in [0.4, 0.5) is 30.6 Å². The van der Waals surface area contributed by atoms with E-state index in [2.05, 4.69) is 47.1 Å². The molecule has 0 amide bonds. The molecule has 0 aliphatic rings. The zero-order chi connectivity index (χ0) is 20.3. The molecule has 28 heavy (non-hydrogen) atoms. The summed E-state index contributed by atoms with van der Waals surface area (Å²) in [5.41, 5.74) is 7.24. The molecule has 0 radical (unpaired) electrons. The van der Waals surface area contributed by atoms with E-state index >= 15 is 0 Å². The first-order valence-corrected chi connectivity index (χ1v) is 9.45. The van der Waals surface area contributed by atoms with Gasteiger partial charge < -0.3 is 15.8 Å². The Kier molecular flexibility index (Phi) is 6.09. The molecule has 3 N–H and O–H groups in total. The average Bonchev–Trinajstić information content (AvgIpc) is 2.61. The Bertz CT molecular complexity index is 982. The predicted molar refractivity (Wildman–Crippen MR) is 109 cm³/mol. The van der Waals surface area contributed by atoms with Crippen LogP contribution in [-0.2, 0) is 0 Å². The van der Waals surface area contributed by atoms with Crippen LogP contribution in [0.25, 0.3) is 11.3 Å². The summed E-state index contributed by atoms with van der Waals surface area (Å²) < 4.78 is 44.2. The van der Waals surface area contributed by atoms with Crippen LogP contribution in [-0.4, -0.2) is 22.8 Å². The van der Waals surface area contributed by atoms with Gasteiger partial charge in [-0.15, -0.1) is 0 Å². The number of rotatable bonds is 5. The third-order valence-electron chi connectivity index (χ3n) is 3.47. The Morgan fingerprint density at radius 1 is 0.964 bits per heavy atom. The van der Waals surface area contributed by atoms with E-state index in [1.165, 1.54) is 6.07 Å². The third-order valence-corrected chi connectivity index (χ3v) is 4.49. The van der Waals surface area contributed by atoms with E-state index in [9.17, 15) is 13.2 Å². The zero-order valence-corrected chi connectivity index (χ0v) is 17.3. The SMILES string of the molecule is Nc1nc(Nc2ccc(Br)cc2)cc(-c2cc(Br)ccc2OCC(F)(F)F)n1. The molecule has 10 heteroatoms. The van der Waals surface area contributed by atoms with Crippen molar-refractivity contribution in [2.24, 2.45) is 0 Å². The van der Waals surface area contributed by atoms with E-state index in [-0.39, 0.29) is 11.7 Å². The molecule has 0 atom stereocenters. The molecule has 3 aromatic rings. The van der Waals surface area contributed by atoms with Gasteiger partial charge in [-0.1, -0.05) is 31.9 Å². The molecular formula is C18H13Br2F3N4O. The van der Waals surface area contributed by atoms with Crippen molar-refractivity contribution in [3.63, 3.8) is 0 Å². The molecular weight excluding hydrogens is 505 g/mol. The van der Waals surface area contributed by atoms with Crippen molar-refractivity contribution in [2.75, 3.05) is 17.7 Å². The molecule has 3 rings (SSSR count). The molecule has 5 nitrogen and oxygen atoms in total. The highest BCUT2D eigenvalue weighted by Gasteiger charge is 2.29. The smallest absolute Gasteiger partial charge is 0.422 e. The zero-order valence-electron chi connectivity index (χ0n) is 14.1. The molecule has 2 aromatic carbocycles. The fourth-order valence-corrected chi connectivity index (χ4v) is 2.96. The van der Waals surface area contributed by atoms with E-state index in [0.29, 0.717) is 21.5 Å². The maximum Gasteiger partial charge on any atom is 0.422 e. The minimum atomic E-state index is -4.46. The lowest BCUT2D eigenvalue weighted by molar-refractivity contribution is -0.153. The summed E-state index contributed by atoms with van der Waals surface area (Å²) >= 11 is 6.67. The Labute approximate surface area is 175 Å². The topological polar surface area (TPSA) is 73.1 Å². The van der Waals surface area contributed by atoms with Gasteiger partial charge in [0.1, 0.15) is 11.6 Å². The second kappa shape index (κ2) is 8.36. The normalized spacial score (nSPS) is 11.3. The lowest BCUT2D eigenvalue weighted by Crippen LogP contribution is -2.19. The van der Waals surface area contributed by atoms with Gasteiger partial charge in [0.2, 0.25) is 5.95 Å². The molecule has 1 heterocycles. The highest BCUT2D eigenvalue weighted by atomic mass is 79.9. The Morgan fingerprint density at radius 2 is 1.64 bits per heavy atom. The summed E-state index contributed by atoms with van der Waals surface area (Å²) in [6, 6.07) is 13.6. The molecule has 0 bridgehead atoms. The standard InChI is InChI=1S/C18H13Br2F3N4O/c19-10-1-4-12(5-2-10)25-16-8-14(26-17(24)27-16)13-7-11(20)3-6-15(13)28-9-18(21,22)23/h1-8H,9H2,(H3,24,25,26,27). The van der Waals surface area contributed by atoms with Crippen molar-refractivity contribution in [2.45, 2.75) is 6.18 Å². The maximum absolute atomic E-state index is 12.6. The molecule has 1 aromatic heterocycles. The first kappa shape index (κ1) is 20.4. The van der Waals surface area contributed by atoms with Gasteiger partial charge in [0.15, 0.2) is 6.61 Å². The first-order valence-electron chi connectivity index (χ1n) is 7.86. The number of aromatic nitrogens is 2. The highest BCUT2D eigenvalue weighted by molar-refractivity contribution is 9.10. The van der Waals surface area contributed by atoms with Crippen LogP contribution in [0.15, 0.2) is 57.5 Å². The summed E-state index contributed by atoms with van der Waals surface area (Å²) in [6.07, 6.45) is -4.46. The summed E-state index contributed by atoms with van der Waals surface area (Å²) in [6.45, 7) is -1.41. The summed E-state index contributed by atoms with van der Waals surface area (Å²) in [7, 11) is 0. The van der Waals surface area contributed by atoms with Crippen LogP contribution in [0.2, 0.25) is 0 Å². The minimum Gasteiger partial charge on any atom is -0.483 e. The molecule has 0 fully saturated rings. The molecule has 0 unspecified atom stereocenters. The molecule has 0 aliphatic heterocycles. The van der Waals surface area contributed by atoms with Crippen LogP contribution in [0.1, 0.15) is 0 Å². The van der Waals surface area contributed by atoms with Crippen molar-refractivity contribution in [3.8, 4) is 17.0 Å². The maximum atomic E-state index is 12.6. The number of ether oxygens (including phenoxy) is 1. The van der Waals surface area contributed by atoms with E-state index < -0.39 is 12.8 Å². The number of halogens is 5. The van der Waals surface area contributed by atoms with Crippen molar-refractivity contribution >= 4 is 49.3 Å². The van der Waals surface area contributed by atoms with Crippen LogP contribution < -0.4 is 15.8 Å². The fourth-order valence-electron chi connectivity index (χ4n) is 2.34. The summed E-state index contributed by atoms with van der Waals surface area (Å²) in [4.78, 5) is 8.27. The van der Waals surface area contributed by atoms with Gasteiger partial charge in [-0.05, 0) is 42.5 Å². The monoisotopic (exact) mass is 516 g/mol. The predicted octanol–water partition coefficient (Wildman–Crippen LogP) is 5.94. The van der Waals surface area contributed by atoms with E-state index in [1.54, 1.807) is 18.2 Å². The van der Waals surface area contributed by atoms with Crippen LogP contribution in [0, 0.1) is 0 Å². The van der Waals surface area contributed by atoms with Gasteiger partial charge in [0.05, 0.1) is 5.69 Å². The summed E-state index contributed by atoms with van der Waals surface area (Å²) in [5.74, 6) is 0.402. The van der Waals surface area contributed by atoms with Gasteiger partial charge in [0, 0.05) is 26.3 Å². The number of benzene rings is 2. The number of alkyl halides is 3. The van der Waals surface area contributed by atoms with Gasteiger partial charge in [0.25, 0.3) is 0 Å². The second-order valence-electron chi connectivity index (χ2n) is 5.67. The number of nitrogen functional groups attached to an aromatic ring is 1. The van der Waals surface area contributed by atoms with Crippen molar-refractivity contribution in [1.29, 1.82) is 0 Å². The lowest BCUT2D eigenvalue weighted by atomic mass is 10.1. The van der Waals surface area contributed by atoms with E-state index in [0.717, 1.165) is 10.2 Å². The lowest BCUT2D eigenvalue weighted by Gasteiger charge is -2.14. The number of nitrogens with zero attached hydrogens (tertiary/aromatic N) is 2. The Hall–Kier alpha value is -2.33. The van der Waals surface area contributed by atoms with Crippen molar-refractivity contribution in [1.82, 2.24) is 9.97 Å². The van der Waals surface area contributed by atoms with Crippen LogP contribution >= 0.6 is 31.9 Å². The molecule has 0 saturated carbocycles. The third kappa shape index (κ3) is 5.59. The molecule has 0 spiro atoms. The molecule has 146 valence electrons. The van der Waals surface area contributed by atoms with Gasteiger partial charge >= 0.3 is 6.18 Å². The minimum absolute atomic E-state index is 0.0288. The quantitative estimate of drug-likeness (QED) is 0.438. The number of nitrogens with one attached hydrogen (secondary N) is 1. The van der Waals surface area contributed by atoms with Crippen molar-refractivity contribution < 1.29 is 17.9 Å². The fraction of sp³-hybridized carbons (Fsp3) is 0.111. The van der Waals surface area contributed by atoms with Crippen LogP contribution in [0.3, 0.4) is 0 Å². The van der Waals surface area contributed by atoms with Crippen LogP contribution in [0.5, 0.6) is 5.75 Å². The Balaban J connectivity index is 1.95. The largest absolute Gasteiger partial charge is 0.483 e. The Morgan fingerprint density at radius 3 is 2.32 bits per heavy atom. The first-order chi connectivity index (χ1) is 13.2. The average molecular weight is 518 g/mol. The van der Waals surface area contributed by atoms with E-state index in [4.69, 9.17) is 10.5 Å². The van der Waals surface area contributed by atoms with Crippen molar-refractivity contribution in [3.05, 3.63) is 57.5 Å². The number of nitrogens with two attached hydrogens (primary N) is 1. The summed E-state index contributed by atoms with van der Waals surface area (Å²) in [5, 5.41) is 3.09. The second-order valence-corrected chi connectivity index (χ2v) is 7.50. The molecule has 0 aliphatic carbocycles. The number of anilines is 3. The number of hydrogen-bond donors (Lipinski definition) is 2. The highest BCUT2D eigenvalue weighted by Crippen LogP contribution is 2.34. The van der Waals surface area contributed by atoms with Gasteiger partial charge in [-0.2, -0.15) is 18.2 Å². The van der Waals surface area contributed by atoms with Gasteiger partial charge in [-0.3, -0.25) is 0 Å². The van der Waals surface area contributed by atoms with Gasteiger partial charge in [-0.25, -0.2) is 4.98 Å². The van der Waals surface area contributed by atoms with E-state index in [1.807, 2.05) is 24.3 Å². The molecule has 0 saturated heterocycles.